The highest BCUT2D eigenvalue weighted by Crippen LogP contribution is 2.65. The Morgan fingerprint density at radius 2 is 1.63 bits per heavy atom. The summed E-state index contributed by atoms with van der Waals surface area (Å²) in [5.41, 5.74) is 2.38. The summed E-state index contributed by atoms with van der Waals surface area (Å²) in [5, 5.41) is 0. The zero-order chi connectivity index (χ0) is 21.8. The molecule has 7 atom stereocenters. The van der Waals surface area contributed by atoms with Crippen LogP contribution in [-0.4, -0.2) is 29.9 Å². The highest BCUT2D eigenvalue weighted by molar-refractivity contribution is 5.79. The summed E-state index contributed by atoms with van der Waals surface area (Å²) < 4.78 is 11.4. The minimum Gasteiger partial charge on any atom is -0.462 e. The summed E-state index contributed by atoms with van der Waals surface area (Å²) in [6.45, 7) is 9.15. The van der Waals surface area contributed by atoms with E-state index in [9.17, 15) is 14.4 Å². The zero-order valence-electron chi connectivity index (χ0n) is 18.8. The quantitative estimate of drug-likeness (QED) is 0.634. The second kappa shape index (κ2) is 7.35. The van der Waals surface area contributed by atoms with Gasteiger partial charge in [0.1, 0.15) is 18.0 Å². The Morgan fingerprint density at radius 1 is 0.933 bits per heavy atom. The van der Waals surface area contributed by atoms with Gasteiger partial charge < -0.3 is 9.47 Å². The fraction of sp³-hybridized carbons (Fsp3) is 0.720. The van der Waals surface area contributed by atoms with Gasteiger partial charge in [0, 0.05) is 38.0 Å². The third-order valence-electron chi connectivity index (χ3n) is 8.73. The van der Waals surface area contributed by atoms with E-state index in [0.29, 0.717) is 30.5 Å². The first kappa shape index (κ1) is 21.3. The van der Waals surface area contributed by atoms with Gasteiger partial charge in [0.05, 0.1) is 0 Å². The van der Waals surface area contributed by atoms with Crippen molar-refractivity contribution in [2.24, 2.45) is 28.6 Å². The molecule has 0 bridgehead atoms. The molecule has 0 spiro atoms. The van der Waals surface area contributed by atoms with Crippen LogP contribution in [0.4, 0.5) is 0 Å². The molecule has 0 amide bonds. The maximum Gasteiger partial charge on any atom is 0.302 e. The summed E-state index contributed by atoms with van der Waals surface area (Å²) in [5.74, 6) is 0.571. The molecule has 5 nitrogen and oxygen atoms in total. The molecule has 0 aliphatic heterocycles. The fourth-order valence-electron chi connectivity index (χ4n) is 7.37. The first-order chi connectivity index (χ1) is 14.1. The molecule has 4 aliphatic carbocycles. The molecule has 0 saturated heterocycles. The molecule has 4 aliphatic rings. The molecule has 0 aromatic heterocycles. The number of carbonyl (C=O) groups excluding carboxylic acids is 3. The van der Waals surface area contributed by atoms with Crippen LogP contribution in [0.1, 0.15) is 73.1 Å². The summed E-state index contributed by atoms with van der Waals surface area (Å²) in [4.78, 5) is 35.9. The number of carbonyl (C=O) groups is 3. The summed E-state index contributed by atoms with van der Waals surface area (Å²) in [6.07, 6.45) is 9.14. The molecular formula is C25H34O5. The molecule has 3 saturated carbocycles. The lowest BCUT2D eigenvalue weighted by Gasteiger charge is -2.56. The van der Waals surface area contributed by atoms with E-state index in [1.807, 2.05) is 0 Å². The van der Waals surface area contributed by atoms with Crippen LogP contribution in [0.25, 0.3) is 0 Å². The molecule has 0 aromatic rings. The van der Waals surface area contributed by atoms with Crippen LogP contribution in [-0.2, 0) is 23.9 Å². The molecule has 30 heavy (non-hydrogen) atoms. The topological polar surface area (TPSA) is 69.7 Å². The van der Waals surface area contributed by atoms with Crippen molar-refractivity contribution in [3.05, 3.63) is 23.3 Å². The Balaban J connectivity index is 1.72. The highest BCUT2D eigenvalue weighted by atomic mass is 16.6. The number of fused-ring (bicyclic) bond motifs is 5. The second-order valence-electron chi connectivity index (χ2n) is 10.3. The summed E-state index contributed by atoms with van der Waals surface area (Å²) in [6, 6.07) is 0. The van der Waals surface area contributed by atoms with Crippen LogP contribution in [0.15, 0.2) is 23.3 Å². The number of rotatable bonds is 3. The average Bonchev–Trinajstić information content (AvgIpc) is 2.99. The molecular weight excluding hydrogens is 380 g/mol. The van der Waals surface area contributed by atoms with Gasteiger partial charge in [-0.2, -0.15) is 0 Å². The van der Waals surface area contributed by atoms with E-state index >= 15 is 0 Å². The lowest BCUT2D eigenvalue weighted by Crippen LogP contribution is -2.54. The van der Waals surface area contributed by atoms with Crippen molar-refractivity contribution >= 4 is 17.7 Å². The molecule has 0 radical (unpaired) electrons. The minimum atomic E-state index is -0.317. The monoisotopic (exact) mass is 414 g/mol. The van der Waals surface area contributed by atoms with Gasteiger partial charge in [-0.3, -0.25) is 14.4 Å². The molecule has 4 rings (SSSR count). The van der Waals surface area contributed by atoms with Crippen molar-refractivity contribution in [3.63, 3.8) is 0 Å². The third-order valence-corrected chi connectivity index (χ3v) is 8.73. The lowest BCUT2D eigenvalue weighted by atomic mass is 9.49. The number of esters is 2. The van der Waals surface area contributed by atoms with Gasteiger partial charge in [-0.05, 0) is 49.9 Å². The van der Waals surface area contributed by atoms with Crippen molar-refractivity contribution in [2.75, 3.05) is 0 Å². The van der Waals surface area contributed by atoms with E-state index in [2.05, 4.69) is 26.0 Å². The second-order valence-corrected chi connectivity index (χ2v) is 10.3. The van der Waals surface area contributed by atoms with E-state index < -0.39 is 0 Å². The zero-order valence-corrected chi connectivity index (χ0v) is 18.8. The van der Waals surface area contributed by atoms with Gasteiger partial charge in [0.15, 0.2) is 0 Å². The van der Waals surface area contributed by atoms with Crippen LogP contribution in [0.5, 0.6) is 0 Å². The maximum absolute atomic E-state index is 12.3. The molecule has 0 aromatic carbocycles. The minimum absolute atomic E-state index is 0.0295. The van der Waals surface area contributed by atoms with Gasteiger partial charge in [0.25, 0.3) is 0 Å². The Labute approximate surface area is 179 Å². The van der Waals surface area contributed by atoms with Crippen LogP contribution in [0.2, 0.25) is 0 Å². The third kappa shape index (κ3) is 3.16. The highest BCUT2D eigenvalue weighted by Gasteiger charge is 2.60. The molecule has 0 heterocycles. The van der Waals surface area contributed by atoms with Crippen molar-refractivity contribution in [1.29, 1.82) is 0 Å². The van der Waals surface area contributed by atoms with E-state index in [0.717, 1.165) is 25.7 Å². The van der Waals surface area contributed by atoms with Gasteiger partial charge in [0.2, 0.25) is 0 Å². The molecule has 5 heteroatoms. The molecule has 3 fully saturated rings. The fourth-order valence-corrected chi connectivity index (χ4v) is 7.37. The SMILES string of the molecule is CC(=O)O[C@@H]1CC2=CC=C3[C@@H]4CC[C@H](C(C)=O)[C@@]4(C)CC[C@@H]3[C@@]2(C)[C@@H](OC(C)=O)C1. The van der Waals surface area contributed by atoms with Crippen molar-refractivity contribution in [3.8, 4) is 0 Å². The standard InChI is InChI=1S/C25H34O5/c1-14(26)20-8-9-21-19-7-6-17-12-18(29-15(2)27)13-23(30-16(3)28)25(17,5)22(19)10-11-24(20,21)4/h6-7,18,20-23H,8-13H2,1-5H3/t18-,20-,21+,22+,23+,24-,25+/m1/s1. The molecule has 0 N–H and O–H groups in total. The van der Waals surface area contributed by atoms with E-state index in [-0.39, 0.29) is 40.9 Å². The Morgan fingerprint density at radius 3 is 2.27 bits per heavy atom. The predicted octanol–water partition coefficient (Wildman–Crippen LogP) is 4.55. The van der Waals surface area contributed by atoms with Crippen molar-refractivity contribution in [1.82, 2.24) is 0 Å². The average molecular weight is 415 g/mol. The van der Waals surface area contributed by atoms with Crippen LogP contribution < -0.4 is 0 Å². The van der Waals surface area contributed by atoms with Crippen LogP contribution in [0, 0.1) is 28.6 Å². The van der Waals surface area contributed by atoms with Crippen molar-refractivity contribution < 1.29 is 23.9 Å². The predicted molar refractivity (Wildman–Crippen MR) is 112 cm³/mol. The first-order valence-corrected chi connectivity index (χ1v) is 11.3. The number of Topliss-reactive ketones (excluding diaryl/α,β-unsaturated/α-hetero) is 1. The van der Waals surface area contributed by atoms with Gasteiger partial charge >= 0.3 is 11.9 Å². The lowest BCUT2D eigenvalue weighted by molar-refractivity contribution is -0.165. The maximum atomic E-state index is 12.3. The number of ether oxygens (including phenoxy) is 2. The normalized spacial score (nSPS) is 42.1. The van der Waals surface area contributed by atoms with Crippen molar-refractivity contribution in [2.45, 2.75) is 85.4 Å². The Hall–Kier alpha value is -1.91. The summed E-state index contributed by atoms with van der Waals surface area (Å²) in [7, 11) is 0. The van der Waals surface area contributed by atoms with E-state index in [1.54, 1.807) is 6.92 Å². The van der Waals surface area contributed by atoms with Gasteiger partial charge in [-0.25, -0.2) is 0 Å². The van der Waals surface area contributed by atoms with E-state index in [4.69, 9.17) is 9.47 Å². The van der Waals surface area contributed by atoms with Crippen LogP contribution in [0.3, 0.4) is 0 Å². The Bertz CT molecular complexity index is 838. The largest absolute Gasteiger partial charge is 0.462 e. The first-order valence-electron chi connectivity index (χ1n) is 11.3. The summed E-state index contributed by atoms with van der Waals surface area (Å²) >= 11 is 0. The van der Waals surface area contributed by atoms with Crippen LogP contribution >= 0.6 is 0 Å². The van der Waals surface area contributed by atoms with E-state index in [1.165, 1.54) is 25.0 Å². The smallest absolute Gasteiger partial charge is 0.302 e. The number of allylic oxidation sites excluding steroid dienone is 3. The number of hydrogen-bond acceptors (Lipinski definition) is 5. The molecule has 0 unspecified atom stereocenters. The van der Waals surface area contributed by atoms with Gasteiger partial charge in [-0.15, -0.1) is 0 Å². The molecule has 164 valence electrons. The van der Waals surface area contributed by atoms with Gasteiger partial charge in [-0.1, -0.05) is 37.1 Å². The number of hydrogen-bond donors (Lipinski definition) is 0. The number of ketones is 1. The Kier molecular flexibility index (Phi) is 5.22.